The first-order chi connectivity index (χ1) is 10.7. The number of hydrogen-bond acceptors (Lipinski definition) is 4. The number of terminal acetylenes is 1. The SMILES string of the molecule is C#C.CC#C/C(C)=C/C=C(\C)OCCOCCOCCOC. The topological polar surface area (TPSA) is 36.9 Å². The molecule has 4 heteroatoms. The van der Waals surface area contributed by atoms with Gasteiger partial charge < -0.3 is 18.9 Å². The zero-order chi connectivity index (χ0) is 17.1. The molecule has 0 spiro atoms. The van der Waals surface area contributed by atoms with Crippen LogP contribution in [0.5, 0.6) is 0 Å². The zero-order valence-electron chi connectivity index (χ0n) is 14.2. The highest BCUT2D eigenvalue weighted by atomic mass is 16.6. The van der Waals surface area contributed by atoms with Crippen LogP contribution in [0.25, 0.3) is 0 Å². The first kappa shape index (κ1) is 22.6. The number of allylic oxidation sites excluding steroid dienone is 4. The Kier molecular flexibility index (Phi) is 19.8. The third-order valence-electron chi connectivity index (χ3n) is 2.25. The van der Waals surface area contributed by atoms with Gasteiger partial charge in [0.05, 0.1) is 38.8 Å². The van der Waals surface area contributed by atoms with Gasteiger partial charge in [-0.1, -0.05) is 5.92 Å². The van der Waals surface area contributed by atoms with Gasteiger partial charge in [-0.3, -0.25) is 0 Å². The first-order valence-electron chi connectivity index (χ1n) is 7.09. The molecule has 0 aromatic carbocycles. The normalized spacial score (nSPS) is 11.0. The minimum atomic E-state index is 0.534. The van der Waals surface area contributed by atoms with E-state index in [4.69, 9.17) is 18.9 Å². The van der Waals surface area contributed by atoms with Gasteiger partial charge in [0.2, 0.25) is 0 Å². The lowest BCUT2D eigenvalue weighted by Gasteiger charge is -2.07. The van der Waals surface area contributed by atoms with Crippen LogP contribution in [-0.2, 0) is 18.9 Å². The van der Waals surface area contributed by atoms with E-state index in [1.807, 2.05) is 32.9 Å². The summed E-state index contributed by atoms with van der Waals surface area (Å²) in [5.41, 5.74) is 1.01. The standard InChI is InChI=1S/C16H26O4.C2H2/c1-5-6-15(2)7-8-16(3)20-14-13-19-12-11-18-10-9-17-4;1-2/h7-8H,9-14H2,1-4H3;1-2H/b15-7+,16-8+;. The molecule has 124 valence electrons. The highest BCUT2D eigenvalue weighted by Gasteiger charge is 1.92. The molecule has 4 nitrogen and oxygen atoms in total. The van der Waals surface area contributed by atoms with Gasteiger partial charge in [-0.2, -0.15) is 0 Å². The molecule has 0 aromatic rings. The van der Waals surface area contributed by atoms with E-state index in [-0.39, 0.29) is 0 Å². The van der Waals surface area contributed by atoms with E-state index in [2.05, 4.69) is 24.7 Å². The number of rotatable bonds is 11. The molecule has 0 atom stereocenters. The highest BCUT2D eigenvalue weighted by Crippen LogP contribution is 1.98. The number of methoxy groups -OCH3 is 1. The van der Waals surface area contributed by atoms with Crippen LogP contribution < -0.4 is 0 Å². The van der Waals surface area contributed by atoms with Crippen molar-refractivity contribution in [3.05, 3.63) is 23.5 Å². The Morgan fingerprint density at radius 2 is 1.45 bits per heavy atom. The van der Waals surface area contributed by atoms with E-state index in [1.165, 1.54) is 0 Å². The monoisotopic (exact) mass is 308 g/mol. The Morgan fingerprint density at radius 3 is 2.00 bits per heavy atom. The summed E-state index contributed by atoms with van der Waals surface area (Å²) in [5, 5.41) is 0. The highest BCUT2D eigenvalue weighted by molar-refractivity contribution is 5.29. The van der Waals surface area contributed by atoms with Gasteiger partial charge in [-0.15, -0.1) is 18.8 Å². The fourth-order valence-corrected chi connectivity index (χ4v) is 1.26. The minimum absolute atomic E-state index is 0.534. The van der Waals surface area contributed by atoms with Crippen LogP contribution in [0.15, 0.2) is 23.5 Å². The molecule has 0 aliphatic rings. The summed E-state index contributed by atoms with van der Waals surface area (Å²) in [6, 6.07) is 0. The van der Waals surface area contributed by atoms with E-state index in [0.29, 0.717) is 39.6 Å². The molecule has 0 fully saturated rings. The van der Waals surface area contributed by atoms with Gasteiger partial charge in [-0.25, -0.2) is 0 Å². The van der Waals surface area contributed by atoms with Crippen LogP contribution >= 0.6 is 0 Å². The van der Waals surface area contributed by atoms with Crippen molar-refractivity contribution in [1.29, 1.82) is 0 Å². The fraction of sp³-hybridized carbons (Fsp3) is 0.556. The van der Waals surface area contributed by atoms with Gasteiger partial charge in [0, 0.05) is 7.11 Å². The molecule has 0 unspecified atom stereocenters. The quantitative estimate of drug-likeness (QED) is 0.254. The van der Waals surface area contributed by atoms with Crippen LogP contribution in [0, 0.1) is 24.7 Å². The Morgan fingerprint density at radius 1 is 0.909 bits per heavy atom. The maximum atomic E-state index is 5.50. The van der Waals surface area contributed by atoms with Crippen LogP contribution in [0.2, 0.25) is 0 Å². The van der Waals surface area contributed by atoms with Gasteiger partial charge in [0.15, 0.2) is 0 Å². The molecule has 0 N–H and O–H groups in total. The molecule has 0 saturated carbocycles. The van der Waals surface area contributed by atoms with Gasteiger partial charge in [-0.05, 0) is 38.5 Å². The second-order valence-corrected chi connectivity index (χ2v) is 4.07. The van der Waals surface area contributed by atoms with E-state index >= 15 is 0 Å². The first-order valence-corrected chi connectivity index (χ1v) is 7.09. The second kappa shape index (κ2) is 19.3. The average molecular weight is 308 g/mol. The zero-order valence-corrected chi connectivity index (χ0v) is 14.2. The average Bonchev–Trinajstić information content (AvgIpc) is 2.53. The Labute approximate surface area is 135 Å². The summed E-state index contributed by atoms with van der Waals surface area (Å²) in [5.74, 6) is 6.67. The maximum Gasteiger partial charge on any atom is 0.111 e. The van der Waals surface area contributed by atoms with Crippen LogP contribution in [-0.4, -0.2) is 46.8 Å². The second-order valence-electron chi connectivity index (χ2n) is 4.07. The van der Waals surface area contributed by atoms with Crippen molar-refractivity contribution >= 4 is 0 Å². The third-order valence-corrected chi connectivity index (χ3v) is 2.25. The molecule has 0 amide bonds. The lowest BCUT2D eigenvalue weighted by Crippen LogP contribution is -2.11. The van der Waals surface area contributed by atoms with Crippen molar-refractivity contribution in [2.24, 2.45) is 0 Å². The molecule has 0 heterocycles. The summed E-state index contributed by atoms with van der Waals surface area (Å²) < 4.78 is 21.0. The van der Waals surface area contributed by atoms with Gasteiger partial charge >= 0.3 is 0 Å². The molecule has 0 aliphatic heterocycles. The largest absolute Gasteiger partial charge is 0.496 e. The van der Waals surface area contributed by atoms with Crippen molar-refractivity contribution in [2.75, 3.05) is 46.8 Å². The Hall–Kier alpha value is -1.72. The summed E-state index contributed by atoms with van der Waals surface area (Å²) in [6.07, 6.45) is 11.9. The molecule has 22 heavy (non-hydrogen) atoms. The smallest absolute Gasteiger partial charge is 0.111 e. The Bertz CT molecular complexity index is 383. The molecule has 0 rings (SSSR count). The van der Waals surface area contributed by atoms with Crippen molar-refractivity contribution < 1.29 is 18.9 Å². The van der Waals surface area contributed by atoms with Crippen LogP contribution in [0.3, 0.4) is 0 Å². The number of ether oxygens (including phenoxy) is 4. The van der Waals surface area contributed by atoms with Crippen molar-refractivity contribution in [3.63, 3.8) is 0 Å². The lowest BCUT2D eigenvalue weighted by atomic mass is 10.3. The van der Waals surface area contributed by atoms with Crippen molar-refractivity contribution in [1.82, 2.24) is 0 Å². The van der Waals surface area contributed by atoms with Gasteiger partial charge in [0.25, 0.3) is 0 Å². The molecule has 0 bridgehead atoms. The van der Waals surface area contributed by atoms with E-state index < -0.39 is 0 Å². The van der Waals surface area contributed by atoms with Crippen molar-refractivity contribution in [2.45, 2.75) is 20.8 Å². The predicted molar refractivity (Wildman–Crippen MR) is 90.3 cm³/mol. The summed E-state index contributed by atoms with van der Waals surface area (Å²) in [6.45, 7) is 9.15. The van der Waals surface area contributed by atoms with E-state index in [1.54, 1.807) is 7.11 Å². The van der Waals surface area contributed by atoms with Crippen LogP contribution in [0.4, 0.5) is 0 Å². The van der Waals surface area contributed by atoms with E-state index in [9.17, 15) is 0 Å². The number of hydrogen-bond donors (Lipinski definition) is 0. The summed E-state index contributed by atoms with van der Waals surface area (Å²) in [7, 11) is 1.65. The molecule has 0 radical (unpaired) electrons. The Balaban J connectivity index is 0. The minimum Gasteiger partial charge on any atom is -0.496 e. The lowest BCUT2D eigenvalue weighted by molar-refractivity contribution is 0.0122. The van der Waals surface area contributed by atoms with Crippen LogP contribution in [0.1, 0.15) is 20.8 Å². The third kappa shape index (κ3) is 18.3. The molecule has 0 saturated heterocycles. The summed E-state index contributed by atoms with van der Waals surface area (Å²) in [4.78, 5) is 0. The molecule has 0 aliphatic carbocycles. The van der Waals surface area contributed by atoms with Crippen molar-refractivity contribution in [3.8, 4) is 24.7 Å². The summed E-state index contributed by atoms with van der Waals surface area (Å²) >= 11 is 0. The predicted octanol–water partition coefficient (Wildman–Crippen LogP) is 2.81. The molecule has 0 aromatic heterocycles. The molecular formula is C18H28O4. The molecular weight excluding hydrogens is 280 g/mol. The van der Waals surface area contributed by atoms with E-state index in [0.717, 1.165) is 11.3 Å². The van der Waals surface area contributed by atoms with Gasteiger partial charge in [0.1, 0.15) is 6.61 Å². The maximum absolute atomic E-state index is 5.50. The fourth-order valence-electron chi connectivity index (χ4n) is 1.26.